The molecule has 1 aromatic rings. The molecular formula is C16H25ClN2. The van der Waals surface area contributed by atoms with Crippen molar-refractivity contribution in [1.82, 2.24) is 10.2 Å². The van der Waals surface area contributed by atoms with Crippen LogP contribution in [-0.2, 0) is 6.54 Å². The number of hydrogen-bond acceptors (Lipinski definition) is 2. The summed E-state index contributed by atoms with van der Waals surface area (Å²) in [6.45, 7) is 7.83. The van der Waals surface area contributed by atoms with Crippen LogP contribution in [0.4, 0.5) is 0 Å². The number of halogens is 1. The van der Waals surface area contributed by atoms with Gasteiger partial charge in [-0.25, -0.2) is 0 Å². The molecule has 0 aromatic heterocycles. The van der Waals surface area contributed by atoms with Crippen molar-refractivity contribution in [1.29, 1.82) is 0 Å². The number of nitrogens with zero attached hydrogens (tertiary/aromatic N) is 1. The Labute approximate surface area is 122 Å². The van der Waals surface area contributed by atoms with Gasteiger partial charge in [-0.3, -0.25) is 4.90 Å². The maximum absolute atomic E-state index is 6.25. The van der Waals surface area contributed by atoms with Crippen LogP contribution in [0.1, 0.15) is 38.7 Å². The number of rotatable bonds is 5. The monoisotopic (exact) mass is 280 g/mol. The molecule has 1 aromatic carbocycles. The Morgan fingerprint density at radius 1 is 1.37 bits per heavy atom. The average Bonchev–Trinajstić information content (AvgIpc) is 2.41. The first-order valence-corrected chi connectivity index (χ1v) is 7.79. The average molecular weight is 281 g/mol. The molecular weight excluding hydrogens is 256 g/mol. The lowest BCUT2D eigenvalue weighted by atomic mass is 9.97. The van der Waals surface area contributed by atoms with Gasteiger partial charge in [0.2, 0.25) is 0 Å². The number of benzene rings is 1. The Balaban J connectivity index is 1.88. The molecule has 19 heavy (non-hydrogen) atoms. The molecule has 0 amide bonds. The van der Waals surface area contributed by atoms with Gasteiger partial charge < -0.3 is 5.32 Å². The van der Waals surface area contributed by atoms with Crippen molar-refractivity contribution in [2.45, 2.75) is 51.7 Å². The fraction of sp³-hybridized carbons (Fsp3) is 0.625. The molecule has 0 radical (unpaired) electrons. The molecule has 1 aliphatic rings. The van der Waals surface area contributed by atoms with Gasteiger partial charge in [0.15, 0.2) is 0 Å². The summed E-state index contributed by atoms with van der Waals surface area (Å²) in [7, 11) is 0. The summed E-state index contributed by atoms with van der Waals surface area (Å²) in [6, 6.07) is 9.50. The maximum Gasteiger partial charge on any atom is 0.0451 e. The van der Waals surface area contributed by atoms with E-state index in [1.807, 2.05) is 12.1 Å². The summed E-state index contributed by atoms with van der Waals surface area (Å²) >= 11 is 6.25. The first-order valence-electron chi connectivity index (χ1n) is 7.41. The molecule has 0 saturated carbocycles. The molecule has 1 saturated heterocycles. The van der Waals surface area contributed by atoms with Crippen LogP contribution in [0, 0.1) is 0 Å². The van der Waals surface area contributed by atoms with E-state index in [2.05, 4.69) is 36.2 Å². The Morgan fingerprint density at radius 3 is 2.84 bits per heavy atom. The molecule has 1 heterocycles. The summed E-state index contributed by atoms with van der Waals surface area (Å²) < 4.78 is 0. The van der Waals surface area contributed by atoms with Crippen molar-refractivity contribution < 1.29 is 0 Å². The summed E-state index contributed by atoms with van der Waals surface area (Å²) in [5, 5.41) is 4.53. The minimum atomic E-state index is 0.624. The van der Waals surface area contributed by atoms with Crippen LogP contribution in [0.15, 0.2) is 24.3 Å². The van der Waals surface area contributed by atoms with E-state index in [0.29, 0.717) is 12.1 Å². The van der Waals surface area contributed by atoms with Gasteiger partial charge in [-0.2, -0.15) is 0 Å². The third-order valence-electron chi connectivity index (χ3n) is 4.03. The lowest BCUT2D eigenvalue weighted by molar-refractivity contribution is 0.129. The Hall–Kier alpha value is -0.570. The van der Waals surface area contributed by atoms with Gasteiger partial charge >= 0.3 is 0 Å². The predicted molar refractivity (Wildman–Crippen MR) is 82.6 cm³/mol. The van der Waals surface area contributed by atoms with Crippen LogP contribution in [0.2, 0.25) is 5.02 Å². The molecule has 106 valence electrons. The highest BCUT2D eigenvalue weighted by atomic mass is 35.5. The summed E-state index contributed by atoms with van der Waals surface area (Å²) in [4.78, 5) is 2.55. The van der Waals surface area contributed by atoms with Gasteiger partial charge in [0, 0.05) is 30.2 Å². The first-order chi connectivity index (χ1) is 9.20. The van der Waals surface area contributed by atoms with Gasteiger partial charge in [0.1, 0.15) is 0 Å². The normalized spacial score (nSPS) is 24.6. The van der Waals surface area contributed by atoms with Gasteiger partial charge in [-0.1, -0.05) is 36.7 Å². The molecule has 1 fully saturated rings. The summed E-state index contributed by atoms with van der Waals surface area (Å²) in [5.41, 5.74) is 1.25. The van der Waals surface area contributed by atoms with E-state index in [1.54, 1.807) is 0 Å². The maximum atomic E-state index is 6.25. The lowest BCUT2D eigenvalue weighted by Gasteiger charge is -2.38. The van der Waals surface area contributed by atoms with Crippen LogP contribution in [0.3, 0.4) is 0 Å². The SMILES string of the molecule is CCCNC1CCN(Cc2ccccc2Cl)C(C)C1. The number of likely N-dealkylation sites (tertiary alicyclic amines) is 1. The van der Waals surface area contributed by atoms with E-state index in [1.165, 1.54) is 24.8 Å². The minimum Gasteiger partial charge on any atom is -0.314 e. The van der Waals surface area contributed by atoms with E-state index in [9.17, 15) is 0 Å². The quantitative estimate of drug-likeness (QED) is 0.885. The zero-order valence-corrected chi connectivity index (χ0v) is 12.8. The second-order valence-electron chi connectivity index (χ2n) is 5.59. The van der Waals surface area contributed by atoms with Crippen molar-refractivity contribution in [2.75, 3.05) is 13.1 Å². The lowest BCUT2D eigenvalue weighted by Crippen LogP contribution is -2.47. The molecule has 0 spiro atoms. The summed E-state index contributed by atoms with van der Waals surface area (Å²) in [6.07, 6.45) is 3.70. The number of nitrogens with one attached hydrogen (secondary N) is 1. The minimum absolute atomic E-state index is 0.624. The molecule has 2 atom stereocenters. The van der Waals surface area contributed by atoms with Crippen molar-refractivity contribution >= 4 is 11.6 Å². The van der Waals surface area contributed by atoms with E-state index >= 15 is 0 Å². The predicted octanol–water partition coefficient (Wildman–Crippen LogP) is 3.69. The molecule has 2 nitrogen and oxygen atoms in total. The van der Waals surface area contributed by atoms with Crippen LogP contribution in [-0.4, -0.2) is 30.1 Å². The van der Waals surface area contributed by atoms with E-state index in [-0.39, 0.29) is 0 Å². The van der Waals surface area contributed by atoms with Crippen molar-refractivity contribution in [3.05, 3.63) is 34.9 Å². The topological polar surface area (TPSA) is 15.3 Å². The molecule has 2 unspecified atom stereocenters. The van der Waals surface area contributed by atoms with Crippen molar-refractivity contribution in [2.24, 2.45) is 0 Å². The third-order valence-corrected chi connectivity index (χ3v) is 4.40. The highest BCUT2D eigenvalue weighted by Crippen LogP contribution is 2.23. The van der Waals surface area contributed by atoms with E-state index < -0.39 is 0 Å². The Kier molecular flexibility index (Phi) is 5.68. The Morgan fingerprint density at radius 2 is 2.16 bits per heavy atom. The van der Waals surface area contributed by atoms with Crippen LogP contribution in [0.5, 0.6) is 0 Å². The van der Waals surface area contributed by atoms with Crippen molar-refractivity contribution in [3.8, 4) is 0 Å². The zero-order chi connectivity index (χ0) is 13.7. The van der Waals surface area contributed by atoms with Crippen LogP contribution >= 0.6 is 11.6 Å². The molecule has 2 rings (SSSR count). The van der Waals surface area contributed by atoms with E-state index in [4.69, 9.17) is 11.6 Å². The second kappa shape index (κ2) is 7.28. The molecule has 0 bridgehead atoms. The van der Waals surface area contributed by atoms with Gasteiger partial charge in [0.25, 0.3) is 0 Å². The van der Waals surface area contributed by atoms with Gasteiger partial charge in [0.05, 0.1) is 0 Å². The first kappa shape index (κ1) is 14.8. The summed E-state index contributed by atoms with van der Waals surface area (Å²) in [5.74, 6) is 0. The highest BCUT2D eigenvalue weighted by Gasteiger charge is 2.25. The van der Waals surface area contributed by atoms with Crippen molar-refractivity contribution in [3.63, 3.8) is 0 Å². The molecule has 1 aliphatic heterocycles. The van der Waals surface area contributed by atoms with E-state index in [0.717, 1.165) is 24.7 Å². The number of hydrogen-bond donors (Lipinski definition) is 1. The third kappa shape index (κ3) is 4.20. The highest BCUT2D eigenvalue weighted by molar-refractivity contribution is 6.31. The van der Waals surface area contributed by atoms with Crippen LogP contribution in [0.25, 0.3) is 0 Å². The Bertz CT molecular complexity index is 394. The molecule has 3 heteroatoms. The largest absolute Gasteiger partial charge is 0.314 e. The molecule has 1 N–H and O–H groups in total. The smallest absolute Gasteiger partial charge is 0.0451 e. The second-order valence-corrected chi connectivity index (χ2v) is 5.99. The van der Waals surface area contributed by atoms with Gasteiger partial charge in [-0.15, -0.1) is 0 Å². The fourth-order valence-electron chi connectivity index (χ4n) is 2.83. The van der Waals surface area contributed by atoms with Gasteiger partial charge in [-0.05, 0) is 44.4 Å². The fourth-order valence-corrected chi connectivity index (χ4v) is 3.03. The number of piperidine rings is 1. The molecule has 0 aliphatic carbocycles. The van der Waals surface area contributed by atoms with Crippen LogP contribution < -0.4 is 5.32 Å². The zero-order valence-electron chi connectivity index (χ0n) is 12.0. The standard InChI is InChI=1S/C16H25ClN2/c1-3-9-18-15-8-10-19(13(2)11-15)12-14-6-4-5-7-16(14)17/h4-7,13,15,18H,3,8-12H2,1-2H3.